The van der Waals surface area contributed by atoms with E-state index in [0.29, 0.717) is 6.04 Å². The zero-order chi connectivity index (χ0) is 17.6. The van der Waals surface area contributed by atoms with E-state index in [-0.39, 0.29) is 0 Å². The van der Waals surface area contributed by atoms with Gasteiger partial charge in [-0.05, 0) is 62.7 Å². The second kappa shape index (κ2) is 6.30. The molecule has 1 aliphatic rings. The van der Waals surface area contributed by atoms with Crippen LogP contribution in [0, 0.1) is 13.8 Å². The number of hydrogen-bond donors (Lipinski definition) is 0. The number of rotatable bonds is 3. The lowest BCUT2D eigenvalue weighted by molar-refractivity contribution is 0.228. The van der Waals surface area contributed by atoms with E-state index < -0.39 is 0 Å². The van der Waals surface area contributed by atoms with Crippen LogP contribution in [0.4, 0.5) is 0 Å². The first kappa shape index (κ1) is 16.3. The fraction of sp³-hybridized carbons (Fsp3) is 0.409. The molecule has 0 bridgehead atoms. The topological polar surface area (TPSA) is 21.1 Å². The van der Waals surface area contributed by atoms with Gasteiger partial charge in [-0.15, -0.1) is 0 Å². The van der Waals surface area contributed by atoms with E-state index >= 15 is 0 Å². The maximum atomic E-state index is 4.51. The Morgan fingerprint density at radius 2 is 2.04 bits per heavy atom. The number of benzene rings is 1. The van der Waals surface area contributed by atoms with Gasteiger partial charge in [-0.1, -0.05) is 12.1 Å². The summed E-state index contributed by atoms with van der Waals surface area (Å²) in [7, 11) is 2.24. The number of likely N-dealkylation sites (N-methyl/N-ethyl adjacent to an activating group) is 1. The number of pyridine rings is 1. The maximum absolute atomic E-state index is 4.51. The quantitative estimate of drug-likeness (QED) is 0.713. The molecule has 130 valence electrons. The van der Waals surface area contributed by atoms with Crippen LogP contribution in [0.5, 0.6) is 0 Å². The molecule has 25 heavy (non-hydrogen) atoms. The van der Waals surface area contributed by atoms with E-state index in [0.717, 1.165) is 25.9 Å². The van der Waals surface area contributed by atoms with Crippen LogP contribution in [0.25, 0.3) is 10.9 Å². The third-order valence-corrected chi connectivity index (χ3v) is 5.69. The SMILES string of the molecule is Cc1cc(C)c2c3c(n(CCc4ccccn4)c2c1)CC(C)N(C)C3. The number of aromatic nitrogens is 2. The number of fused-ring (bicyclic) bond motifs is 3. The Hall–Kier alpha value is -2.13. The van der Waals surface area contributed by atoms with Gasteiger partial charge >= 0.3 is 0 Å². The Bertz CT molecular complexity index is 908. The lowest BCUT2D eigenvalue weighted by Crippen LogP contribution is -2.35. The van der Waals surface area contributed by atoms with Crippen molar-refractivity contribution in [3.8, 4) is 0 Å². The van der Waals surface area contributed by atoms with Gasteiger partial charge in [-0.3, -0.25) is 9.88 Å². The van der Waals surface area contributed by atoms with Crippen LogP contribution >= 0.6 is 0 Å². The molecular weight excluding hydrogens is 306 g/mol. The molecule has 4 rings (SSSR count). The van der Waals surface area contributed by atoms with Crippen LogP contribution in [-0.2, 0) is 25.9 Å². The van der Waals surface area contributed by atoms with Crippen LogP contribution < -0.4 is 0 Å². The summed E-state index contributed by atoms with van der Waals surface area (Å²) in [5, 5.41) is 1.47. The van der Waals surface area contributed by atoms with E-state index in [1.54, 1.807) is 0 Å². The Morgan fingerprint density at radius 3 is 2.80 bits per heavy atom. The fourth-order valence-corrected chi connectivity index (χ4v) is 4.28. The molecule has 3 heterocycles. The van der Waals surface area contributed by atoms with Gasteiger partial charge in [0.15, 0.2) is 0 Å². The minimum absolute atomic E-state index is 0.590. The summed E-state index contributed by atoms with van der Waals surface area (Å²) in [6.45, 7) is 8.85. The van der Waals surface area contributed by atoms with Crippen molar-refractivity contribution in [3.05, 3.63) is 64.6 Å². The lowest BCUT2D eigenvalue weighted by atomic mass is 9.97. The van der Waals surface area contributed by atoms with E-state index in [1.165, 1.54) is 39.0 Å². The second-order valence-electron chi connectivity index (χ2n) is 7.59. The van der Waals surface area contributed by atoms with E-state index in [4.69, 9.17) is 0 Å². The summed E-state index contributed by atoms with van der Waals surface area (Å²) >= 11 is 0. The van der Waals surface area contributed by atoms with Crippen LogP contribution in [-0.4, -0.2) is 27.5 Å². The number of nitrogens with zero attached hydrogens (tertiary/aromatic N) is 3. The van der Waals surface area contributed by atoms with E-state index in [2.05, 4.69) is 66.5 Å². The van der Waals surface area contributed by atoms with Crippen molar-refractivity contribution in [2.24, 2.45) is 0 Å². The molecule has 3 heteroatoms. The minimum Gasteiger partial charge on any atom is -0.344 e. The molecular formula is C22H27N3. The largest absolute Gasteiger partial charge is 0.344 e. The highest BCUT2D eigenvalue weighted by molar-refractivity contribution is 5.89. The van der Waals surface area contributed by atoms with Gasteiger partial charge in [0.05, 0.1) is 0 Å². The molecule has 1 atom stereocenters. The summed E-state index contributed by atoms with van der Waals surface area (Å²) in [5.74, 6) is 0. The Balaban J connectivity index is 1.83. The summed E-state index contributed by atoms with van der Waals surface area (Å²) in [6.07, 6.45) is 4.00. The van der Waals surface area contributed by atoms with Gasteiger partial charge < -0.3 is 4.57 Å². The minimum atomic E-state index is 0.590. The third kappa shape index (κ3) is 2.87. The van der Waals surface area contributed by atoms with Crippen molar-refractivity contribution in [1.82, 2.24) is 14.5 Å². The Kier molecular flexibility index (Phi) is 4.12. The highest BCUT2D eigenvalue weighted by Gasteiger charge is 2.27. The highest BCUT2D eigenvalue weighted by Crippen LogP contribution is 2.35. The summed E-state index contributed by atoms with van der Waals surface area (Å²) < 4.78 is 2.57. The molecule has 1 aliphatic heterocycles. The third-order valence-electron chi connectivity index (χ3n) is 5.69. The Morgan fingerprint density at radius 1 is 1.20 bits per heavy atom. The smallest absolute Gasteiger partial charge is 0.0491 e. The van der Waals surface area contributed by atoms with Crippen LogP contribution in [0.2, 0.25) is 0 Å². The van der Waals surface area contributed by atoms with Crippen molar-refractivity contribution in [1.29, 1.82) is 0 Å². The first-order valence-electron chi connectivity index (χ1n) is 9.26. The zero-order valence-corrected chi connectivity index (χ0v) is 15.7. The van der Waals surface area contributed by atoms with E-state index in [9.17, 15) is 0 Å². The van der Waals surface area contributed by atoms with Crippen molar-refractivity contribution in [2.45, 2.75) is 52.7 Å². The number of aryl methyl sites for hydroxylation is 4. The average Bonchev–Trinajstić information content (AvgIpc) is 2.87. The molecule has 1 unspecified atom stereocenters. The average molecular weight is 333 g/mol. The molecule has 0 saturated heterocycles. The van der Waals surface area contributed by atoms with Gasteiger partial charge in [-0.2, -0.15) is 0 Å². The predicted octanol–water partition coefficient (Wildman–Crippen LogP) is 4.27. The Labute approximate surface area is 150 Å². The van der Waals surface area contributed by atoms with Gasteiger partial charge in [-0.25, -0.2) is 0 Å². The molecule has 0 fully saturated rings. The van der Waals surface area contributed by atoms with Crippen LogP contribution in [0.15, 0.2) is 36.5 Å². The first-order valence-corrected chi connectivity index (χ1v) is 9.26. The summed E-state index contributed by atoms with van der Waals surface area (Å²) in [6, 6.07) is 11.5. The molecule has 1 aromatic carbocycles. The van der Waals surface area contributed by atoms with Crippen LogP contribution in [0.1, 0.15) is 35.0 Å². The number of hydrogen-bond acceptors (Lipinski definition) is 2. The van der Waals surface area contributed by atoms with Gasteiger partial charge in [0.25, 0.3) is 0 Å². The van der Waals surface area contributed by atoms with E-state index in [1.807, 2.05) is 12.3 Å². The molecule has 0 radical (unpaired) electrons. The first-order chi connectivity index (χ1) is 12.0. The maximum Gasteiger partial charge on any atom is 0.0491 e. The summed E-state index contributed by atoms with van der Waals surface area (Å²) in [5.41, 5.74) is 8.40. The zero-order valence-electron chi connectivity index (χ0n) is 15.7. The standard InChI is InChI=1S/C22H27N3/c1-15-11-16(2)22-19-14-24(4)17(3)13-20(19)25(21(22)12-15)10-8-18-7-5-6-9-23-18/h5-7,9,11-12,17H,8,10,13-14H2,1-4H3. The predicted molar refractivity (Wildman–Crippen MR) is 104 cm³/mol. The van der Waals surface area contributed by atoms with Crippen molar-refractivity contribution >= 4 is 10.9 Å². The van der Waals surface area contributed by atoms with Gasteiger partial charge in [0.1, 0.15) is 0 Å². The second-order valence-corrected chi connectivity index (χ2v) is 7.59. The van der Waals surface area contributed by atoms with Crippen molar-refractivity contribution < 1.29 is 0 Å². The van der Waals surface area contributed by atoms with Crippen LogP contribution in [0.3, 0.4) is 0 Å². The molecule has 0 aliphatic carbocycles. The molecule has 0 N–H and O–H groups in total. The molecule has 0 spiro atoms. The lowest BCUT2D eigenvalue weighted by Gasteiger charge is -2.31. The molecule has 3 nitrogen and oxygen atoms in total. The van der Waals surface area contributed by atoms with Crippen molar-refractivity contribution in [2.75, 3.05) is 7.05 Å². The summed E-state index contributed by atoms with van der Waals surface area (Å²) in [4.78, 5) is 6.99. The monoisotopic (exact) mass is 333 g/mol. The van der Waals surface area contributed by atoms with Crippen molar-refractivity contribution in [3.63, 3.8) is 0 Å². The molecule has 2 aromatic heterocycles. The fourth-order valence-electron chi connectivity index (χ4n) is 4.28. The normalized spacial score (nSPS) is 17.8. The molecule has 0 saturated carbocycles. The molecule has 0 amide bonds. The highest BCUT2D eigenvalue weighted by atomic mass is 15.1. The van der Waals surface area contributed by atoms with Gasteiger partial charge in [0.2, 0.25) is 0 Å². The molecule has 3 aromatic rings. The van der Waals surface area contributed by atoms with Gasteiger partial charge in [0, 0.05) is 60.5 Å².